The maximum Gasteiger partial charge on any atom is 0.224 e. The highest BCUT2D eigenvalue weighted by atomic mass is 16.5. The molecule has 0 unspecified atom stereocenters. The summed E-state index contributed by atoms with van der Waals surface area (Å²) in [4.78, 5) is 12.0. The van der Waals surface area contributed by atoms with Crippen molar-refractivity contribution in [3.8, 4) is 17.2 Å². The summed E-state index contributed by atoms with van der Waals surface area (Å²) in [6.07, 6.45) is 2.46. The van der Waals surface area contributed by atoms with Gasteiger partial charge in [0.05, 0.1) is 27.6 Å². The molecule has 0 spiro atoms. The van der Waals surface area contributed by atoms with Crippen LogP contribution in [0.2, 0.25) is 0 Å². The molecular formula is C16H19NO5. The normalized spacial score (nSPS) is 10.1. The monoisotopic (exact) mass is 305 g/mol. The average Bonchev–Trinajstić information content (AvgIpc) is 3.05. The van der Waals surface area contributed by atoms with Gasteiger partial charge in [-0.05, 0) is 12.1 Å². The number of nitrogens with one attached hydrogen (secondary N) is 1. The van der Waals surface area contributed by atoms with Crippen LogP contribution in [0.25, 0.3) is 0 Å². The number of carbonyl (C=O) groups excluding carboxylic acids is 1. The van der Waals surface area contributed by atoms with Gasteiger partial charge in [0.2, 0.25) is 11.7 Å². The Kier molecular flexibility index (Phi) is 5.30. The molecular weight excluding hydrogens is 286 g/mol. The van der Waals surface area contributed by atoms with Crippen LogP contribution in [-0.2, 0) is 11.2 Å². The van der Waals surface area contributed by atoms with Crippen LogP contribution in [0, 0.1) is 0 Å². The van der Waals surface area contributed by atoms with Gasteiger partial charge in [0.15, 0.2) is 11.5 Å². The van der Waals surface area contributed by atoms with Gasteiger partial charge in [-0.15, -0.1) is 0 Å². The van der Waals surface area contributed by atoms with Crippen LogP contribution in [-0.4, -0.2) is 27.2 Å². The third-order valence-electron chi connectivity index (χ3n) is 3.13. The molecule has 0 bridgehead atoms. The first-order chi connectivity index (χ1) is 10.7. The molecule has 1 heterocycles. The Bertz CT molecular complexity index is 596. The van der Waals surface area contributed by atoms with Crippen molar-refractivity contribution in [1.82, 2.24) is 0 Å². The lowest BCUT2D eigenvalue weighted by molar-refractivity contribution is -0.116. The Labute approximate surface area is 129 Å². The smallest absolute Gasteiger partial charge is 0.224 e. The molecule has 0 aliphatic carbocycles. The summed E-state index contributed by atoms with van der Waals surface area (Å²) in [5.74, 6) is 2.12. The van der Waals surface area contributed by atoms with Crippen LogP contribution in [0.15, 0.2) is 34.9 Å². The fraction of sp³-hybridized carbons (Fsp3) is 0.312. The molecule has 0 saturated heterocycles. The summed E-state index contributed by atoms with van der Waals surface area (Å²) in [5.41, 5.74) is 0.582. The van der Waals surface area contributed by atoms with Crippen LogP contribution < -0.4 is 19.5 Å². The lowest BCUT2D eigenvalue weighted by Crippen LogP contribution is -2.12. The van der Waals surface area contributed by atoms with Crippen molar-refractivity contribution in [3.05, 3.63) is 36.3 Å². The predicted octanol–water partition coefficient (Wildman–Crippen LogP) is 2.88. The molecule has 0 atom stereocenters. The number of rotatable bonds is 7. The summed E-state index contributed by atoms with van der Waals surface area (Å²) >= 11 is 0. The van der Waals surface area contributed by atoms with E-state index in [-0.39, 0.29) is 5.91 Å². The molecule has 0 aliphatic heterocycles. The third-order valence-corrected chi connectivity index (χ3v) is 3.13. The predicted molar refractivity (Wildman–Crippen MR) is 81.8 cm³/mol. The first kappa shape index (κ1) is 15.8. The number of anilines is 1. The summed E-state index contributed by atoms with van der Waals surface area (Å²) in [6.45, 7) is 0. The second kappa shape index (κ2) is 7.40. The fourth-order valence-electron chi connectivity index (χ4n) is 2.07. The fourth-order valence-corrected chi connectivity index (χ4v) is 2.07. The van der Waals surface area contributed by atoms with Gasteiger partial charge in [-0.2, -0.15) is 0 Å². The number of ether oxygens (including phenoxy) is 3. The topological polar surface area (TPSA) is 69.9 Å². The minimum atomic E-state index is -0.120. The van der Waals surface area contributed by atoms with Crippen molar-refractivity contribution in [2.24, 2.45) is 0 Å². The molecule has 1 amide bonds. The molecule has 0 aliphatic rings. The van der Waals surface area contributed by atoms with E-state index < -0.39 is 0 Å². The minimum absolute atomic E-state index is 0.120. The Hall–Kier alpha value is -2.63. The first-order valence-corrected chi connectivity index (χ1v) is 6.80. The van der Waals surface area contributed by atoms with Crippen molar-refractivity contribution in [3.63, 3.8) is 0 Å². The molecule has 6 nitrogen and oxygen atoms in total. The van der Waals surface area contributed by atoms with Gasteiger partial charge in [-0.3, -0.25) is 4.79 Å². The van der Waals surface area contributed by atoms with Gasteiger partial charge < -0.3 is 23.9 Å². The SMILES string of the molecule is COc1cc(NC(=O)CCc2ccco2)cc(OC)c1OC. The van der Waals surface area contributed by atoms with Gasteiger partial charge >= 0.3 is 0 Å². The number of amides is 1. The van der Waals surface area contributed by atoms with E-state index in [0.717, 1.165) is 5.76 Å². The number of aryl methyl sites for hydroxylation is 1. The molecule has 118 valence electrons. The number of carbonyl (C=O) groups is 1. The van der Waals surface area contributed by atoms with E-state index in [2.05, 4.69) is 5.32 Å². The number of hydrogen-bond donors (Lipinski definition) is 1. The molecule has 1 aromatic heterocycles. The Morgan fingerprint density at radius 1 is 1.14 bits per heavy atom. The van der Waals surface area contributed by atoms with E-state index in [1.165, 1.54) is 21.3 Å². The van der Waals surface area contributed by atoms with Crippen LogP contribution >= 0.6 is 0 Å². The zero-order valence-electron chi connectivity index (χ0n) is 12.8. The summed E-state index contributed by atoms with van der Waals surface area (Å²) < 4.78 is 20.9. The van der Waals surface area contributed by atoms with Gasteiger partial charge in [0.25, 0.3) is 0 Å². The van der Waals surface area contributed by atoms with E-state index in [1.807, 2.05) is 6.07 Å². The highest BCUT2D eigenvalue weighted by Gasteiger charge is 2.14. The van der Waals surface area contributed by atoms with E-state index in [1.54, 1.807) is 24.5 Å². The van der Waals surface area contributed by atoms with E-state index in [9.17, 15) is 4.79 Å². The maximum atomic E-state index is 12.0. The van der Waals surface area contributed by atoms with E-state index in [4.69, 9.17) is 18.6 Å². The molecule has 2 aromatic rings. The molecule has 0 fully saturated rings. The van der Waals surface area contributed by atoms with Crippen LogP contribution in [0.5, 0.6) is 17.2 Å². The molecule has 1 N–H and O–H groups in total. The lowest BCUT2D eigenvalue weighted by Gasteiger charge is -2.14. The second-order valence-corrected chi connectivity index (χ2v) is 4.54. The van der Waals surface area contributed by atoms with E-state index >= 15 is 0 Å². The van der Waals surface area contributed by atoms with Gasteiger partial charge in [-0.25, -0.2) is 0 Å². The Balaban J connectivity index is 2.06. The average molecular weight is 305 g/mol. The first-order valence-electron chi connectivity index (χ1n) is 6.80. The van der Waals surface area contributed by atoms with Crippen molar-refractivity contribution in [2.45, 2.75) is 12.8 Å². The zero-order valence-corrected chi connectivity index (χ0v) is 12.8. The van der Waals surface area contributed by atoms with Crippen LogP contribution in [0.1, 0.15) is 12.2 Å². The Morgan fingerprint density at radius 3 is 2.32 bits per heavy atom. The molecule has 0 saturated carbocycles. The highest BCUT2D eigenvalue weighted by Crippen LogP contribution is 2.39. The second-order valence-electron chi connectivity index (χ2n) is 4.54. The molecule has 1 aromatic carbocycles. The molecule has 22 heavy (non-hydrogen) atoms. The third kappa shape index (κ3) is 3.72. The molecule has 0 radical (unpaired) electrons. The van der Waals surface area contributed by atoms with Crippen molar-refractivity contribution in [2.75, 3.05) is 26.6 Å². The zero-order chi connectivity index (χ0) is 15.9. The number of furan rings is 1. The van der Waals surface area contributed by atoms with Crippen molar-refractivity contribution >= 4 is 11.6 Å². The summed E-state index contributed by atoms with van der Waals surface area (Å²) in [7, 11) is 4.58. The summed E-state index contributed by atoms with van der Waals surface area (Å²) in [6, 6.07) is 7.01. The quantitative estimate of drug-likeness (QED) is 0.851. The van der Waals surface area contributed by atoms with Crippen molar-refractivity contribution in [1.29, 1.82) is 0 Å². The van der Waals surface area contributed by atoms with E-state index in [0.29, 0.717) is 35.8 Å². The largest absolute Gasteiger partial charge is 0.493 e. The van der Waals surface area contributed by atoms with Gasteiger partial charge in [0, 0.05) is 30.7 Å². The number of benzene rings is 1. The standard InChI is InChI=1S/C16H19NO5/c1-19-13-9-11(10-14(20-2)16(13)21-3)17-15(18)7-6-12-5-4-8-22-12/h4-5,8-10H,6-7H2,1-3H3,(H,17,18). The highest BCUT2D eigenvalue weighted by molar-refractivity contribution is 5.91. The maximum absolute atomic E-state index is 12.0. The minimum Gasteiger partial charge on any atom is -0.493 e. The van der Waals surface area contributed by atoms with Crippen LogP contribution in [0.3, 0.4) is 0 Å². The lowest BCUT2D eigenvalue weighted by atomic mass is 10.2. The summed E-state index contributed by atoms with van der Waals surface area (Å²) in [5, 5.41) is 2.81. The van der Waals surface area contributed by atoms with Crippen molar-refractivity contribution < 1.29 is 23.4 Å². The molecule has 6 heteroatoms. The number of methoxy groups -OCH3 is 3. The Morgan fingerprint density at radius 2 is 1.82 bits per heavy atom. The van der Waals surface area contributed by atoms with Crippen LogP contribution in [0.4, 0.5) is 5.69 Å². The number of hydrogen-bond acceptors (Lipinski definition) is 5. The van der Waals surface area contributed by atoms with Gasteiger partial charge in [-0.1, -0.05) is 0 Å². The molecule has 2 rings (SSSR count). The van der Waals surface area contributed by atoms with Gasteiger partial charge in [0.1, 0.15) is 5.76 Å².